The number of ether oxygens (including phenoxy) is 1. The Morgan fingerprint density at radius 2 is 2.07 bits per heavy atom. The summed E-state index contributed by atoms with van der Waals surface area (Å²) in [4.78, 5) is 20.5. The Morgan fingerprint density at radius 1 is 1.57 bits per heavy atom. The van der Waals surface area contributed by atoms with Crippen LogP contribution in [-0.2, 0) is 14.3 Å². The van der Waals surface area contributed by atoms with Crippen LogP contribution in [0.2, 0.25) is 0 Å². The second-order valence-corrected chi connectivity index (χ2v) is 3.60. The van der Waals surface area contributed by atoms with Crippen molar-refractivity contribution in [3.8, 4) is 0 Å². The monoisotopic (exact) mass is 209 g/mol. The molecular formula is C8H16FNO4. The molecule has 6 heteroatoms. The zero-order valence-corrected chi connectivity index (χ0v) is 8.44. The maximum atomic E-state index is 10.5. The molecule has 14 heavy (non-hydrogen) atoms. The predicted molar refractivity (Wildman–Crippen MR) is 48.8 cm³/mol. The number of carbonyl (C=O) groups is 2. The minimum Gasteiger partial charge on any atom is -0.480 e. The number of carbonyl (C=O) groups excluding carboxylic acids is 1. The third kappa shape index (κ3) is 7.48. The Kier molecular flexibility index (Phi) is 6.90. The van der Waals surface area contributed by atoms with Crippen molar-refractivity contribution < 1.29 is 24.1 Å². The molecule has 0 aromatic carbocycles. The van der Waals surface area contributed by atoms with Crippen LogP contribution in [0.5, 0.6) is 0 Å². The summed E-state index contributed by atoms with van der Waals surface area (Å²) in [6.07, 6.45) is 0.352. The highest BCUT2D eigenvalue weighted by atomic mass is 19.0. The summed E-state index contributed by atoms with van der Waals surface area (Å²) in [5.74, 6) is -1.10. The molecule has 0 saturated carbocycles. The fourth-order valence-electron chi connectivity index (χ4n) is 0.606. The largest absolute Gasteiger partial charge is 0.480 e. The molecule has 2 N–H and O–H groups in total. The number of carboxylic acid groups (broad SMARTS) is 1. The second kappa shape index (κ2) is 6.31. The molecule has 0 radical (unpaired) electrons. The van der Waals surface area contributed by atoms with E-state index in [0.29, 0.717) is 6.41 Å². The van der Waals surface area contributed by atoms with Gasteiger partial charge in [-0.15, -0.1) is 0 Å². The molecule has 0 bridgehead atoms. The van der Waals surface area contributed by atoms with Crippen molar-refractivity contribution in [2.75, 3.05) is 6.61 Å². The van der Waals surface area contributed by atoms with Crippen molar-refractivity contribution >= 4 is 12.4 Å². The Bertz CT molecular complexity index is 190. The maximum absolute atomic E-state index is 10.5. The topological polar surface area (TPSA) is 75.6 Å². The first kappa shape index (κ1) is 15.3. The van der Waals surface area contributed by atoms with E-state index in [1.807, 2.05) is 20.8 Å². The predicted octanol–water partition coefficient (Wildman–Crippen LogP) is 0.153. The zero-order valence-electron chi connectivity index (χ0n) is 8.44. The number of aliphatic carboxylic acids is 1. The van der Waals surface area contributed by atoms with Gasteiger partial charge in [0.15, 0.2) is 0 Å². The van der Waals surface area contributed by atoms with Crippen molar-refractivity contribution in [2.24, 2.45) is 0 Å². The van der Waals surface area contributed by atoms with E-state index in [4.69, 9.17) is 9.84 Å². The smallest absolute Gasteiger partial charge is 0.328 e. The molecule has 0 rings (SSSR count). The molecule has 0 fully saturated rings. The lowest BCUT2D eigenvalue weighted by molar-refractivity contribution is -0.144. The standard InChI is InChI=1S/C8H15NO4.FH/c1-8(2,3)13-4-6(7(11)12)9-5-10;/h5-6H,4H2,1-3H3,(H,9,10)(H,11,12);1H/t6-;/m0./s1. The fraction of sp³-hybridized carbons (Fsp3) is 0.750. The molecule has 0 aliphatic heterocycles. The molecule has 0 unspecified atom stereocenters. The van der Waals surface area contributed by atoms with E-state index in [2.05, 4.69) is 5.32 Å². The maximum Gasteiger partial charge on any atom is 0.328 e. The van der Waals surface area contributed by atoms with Gasteiger partial charge < -0.3 is 15.2 Å². The first-order valence-electron chi connectivity index (χ1n) is 3.93. The normalized spacial score (nSPS) is 12.5. The Hall–Kier alpha value is -1.17. The van der Waals surface area contributed by atoms with Gasteiger partial charge in [0.1, 0.15) is 6.04 Å². The minimum absolute atomic E-state index is 0. The van der Waals surface area contributed by atoms with Gasteiger partial charge in [-0.1, -0.05) is 0 Å². The van der Waals surface area contributed by atoms with Crippen LogP contribution in [0.4, 0.5) is 4.70 Å². The molecule has 84 valence electrons. The van der Waals surface area contributed by atoms with Gasteiger partial charge in [-0.25, -0.2) is 4.79 Å². The zero-order chi connectivity index (χ0) is 10.5. The summed E-state index contributed by atoms with van der Waals surface area (Å²) in [6.45, 7) is 5.41. The van der Waals surface area contributed by atoms with E-state index >= 15 is 0 Å². The number of halogens is 1. The van der Waals surface area contributed by atoms with E-state index in [9.17, 15) is 9.59 Å². The third-order valence-corrected chi connectivity index (χ3v) is 1.25. The van der Waals surface area contributed by atoms with E-state index in [-0.39, 0.29) is 11.3 Å². The van der Waals surface area contributed by atoms with Crippen LogP contribution >= 0.6 is 0 Å². The first-order valence-corrected chi connectivity index (χ1v) is 3.93. The molecule has 0 spiro atoms. The molecule has 5 nitrogen and oxygen atoms in total. The van der Waals surface area contributed by atoms with Gasteiger partial charge in [0.05, 0.1) is 12.2 Å². The number of hydrogen-bond acceptors (Lipinski definition) is 3. The quantitative estimate of drug-likeness (QED) is 0.632. The Balaban J connectivity index is 0. The van der Waals surface area contributed by atoms with Crippen LogP contribution in [0.25, 0.3) is 0 Å². The highest BCUT2D eigenvalue weighted by Crippen LogP contribution is 2.06. The van der Waals surface area contributed by atoms with Crippen LogP contribution in [0.1, 0.15) is 20.8 Å². The molecule has 1 amide bonds. The highest BCUT2D eigenvalue weighted by molar-refractivity contribution is 5.76. The Morgan fingerprint density at radius 3 is 2.36 bits per heavy atom. The van der Waals surface area contributed by atoms with E-state index in [1.165, 1.54) is 0 Å². The lowest BCUT2D eigenvalue weighted by atomic mass is 10.2. The first-order chi connectivity index (χ1) is 5.87. The van der Waals surface area contributed by atoms with Crippen LogP contribution in [-0.4, -0.2) is 35.7 Å². The molecule has 0 saturated heterocycles. The summed E-state index contributed by atoms with van der Waals surface area (Å²) < 4.78 is 5.20. The van der Waals surface area contributed by atoms with Gasteiger partial charge in [0.25, 0.3) is 0 Å². The summed E-state index contributed by atoms with van der Waals surface area (Å²) in [5.41, 5.74) is -0.404. The van der Waals surface area contributed by atoms with Crippen molar-refractivity contribution in [1.82, 2.24) is 5.32 Å². The SMILES string of the molecule is CC(C)(C)OC[C@H](NC=O)C(=O)O.F. The van der Waals surface area contributed by atoms with Crippen molar-refractivity contribution in [2.45, 2.75) is 32.4 Å². The van der Waals surface area contributed by atoms with Gasteiger partial charge in [0, 0.05) is 0 Å². The summed E-state index contributed by atoms with van der Waals surface area (Å²) in [7, 11) is 0. The van der Waals surface area contributed by atoms with E-state index < -0.39 is 17.6 Å². The van der Waals surface area contributed by atoms with Crippen molar-refractivity contribution in [3.05, 3.63) is 0 Å². The lowest BCUT2D eigenvalue weighted by Gasteiger charge is -2.22. The van der Waals surface area contributed by atoms with Crippen molar-refractivity contribution in [3.63, 3.8) is 0 Å². The number of rotatable bonds is 5. The summed E-state index contributed by atoms with van der Waals surface area (Å²) >= 11 is 0. The van der Waals surface area contributed by atoms with E-state index in [1.54, 1.807) is 0 Å². The van der Waals surface area contributed by atoms with Gasteiger partial charge in [-0.05, 0) is 20.8 Å². The van der Waals surface area contributed by atoms with Crippen molar-refractivity contribution in [1.29, 1.82) is 0 Å². The lowest BCUT2D eigenvalue weighted by Crippen LogP contribution is -2.41. The average Bonchev–Trinajstić information content (AvgIpc) is 1.95. The average molecular weight is 209 g/mol. The van der Waals surface area contributed by atoms with Crippen LogP contribution in [0, 0.1) is 0 Å². The van der Waals surface area contributed by atoms with E-state index in [0.717, 1.165) is 0 Å². The highest BCUT2D eigenvalue weighted by Gasteiger charge is 2.20. The fourth-order valence-corrected chi connectivity index (χ4v) is 0.606. The van der Waals surface area contributed by atoms with Gasteiger partial charge >= 0.3 is 5.97 Å². The van der Waals surface area contributed by atoms with Crippen LogP contribution < -0.4 is 5.32 Å². The summed E-state index contributed by atoms with van der Waals surface area (Å²) in [6, 6.07) is -0.975. The number of carboxylic acids is 1. The number of hydrogen-bond donors (Lipinski definition) is 2. The molecule has 0 aliphatic rings. The minimum atomic E-state index is -1.10. The second-order valence-electron chi connectivity index (χ2n) is 3.60. The van der Waals surface area contributed by atoms with Gasteiger partial charge in [0.2, 0.25) is 6.41 Å². The van der Waals surface area contributed by atoms with Gasteiger partial charge in [-0.3, -0.25) is 9.50 Å². The molecule has 0 aromatic rings. The number of nitrogens with one attached hydrogen (secondary N) is 1. The molecule has 0 heterocycles. The molecular weight excluding hydrogens is 193 g/mol. The Labute approximate surface area is 81.8 Å². The third-order valence-electron chi connectivity index (χ3n) is 1.25. The summed E-state index contributed by atoms with van der Waals surface area (Å²) in [5, 5.41) is 10.7. The number of amides is 1. The molecule has 1 atom stereocenters. The molecule has 0 aromatic heterocycles. The van der Waals surface area contributed by atoms with Crippen LogP contribution in [0.15, 0.2) is 0 Å². The van der Waals surface area contributed by atoms with Crippen LogP contribution in [0.3, 0.4) is 0 Å². The molecule has 0 aliphatic carbocycles. The van der Waals surface area contributed by atoms with Gasteiger partial charge in [-0.2, -0.15) is 0 Å².